The molecule has 0 aromatic carbocycles. The molecule has 1 aromatic rings. The van der Waals surface area contributed by atoms with Crippen LogP contribution in [0.3, 0.4) is 0 Å². The second kappa shape index (κ2) is 5.49. The van der Waals surface area contributed by atoms with Crippen molar-refractivity contribution in [3.8, 4) is 0 Å². The fourth-order valence-corrected chi connectivity index (χ4v) is 3.77. The molecule has 0 aliphatic carbocycles. The molecule has 3 rings (SSSR count). The molecule has 7 heteroatoms. The lowest BCUT2D eigenvalue weighted by atomic mass is 9.78. The summed E-state index contributed by atoms with van der Waals surface area (Å²) in [5, 5.41) is 3.19. The van der Waals surface area contributed by atoms with Gasteiger partial charge in [0.05, 0.1) is 30.7 Å². The van der Waals surface area contributed by atoms with Gasteiger partial charge in [-0.1, -0.05) is 6.92 Å². The van der Waals surface area contributed by atoms with Crippen molar-refractivity contribution >= 4 is 17.8 Å². The lowest BCUT2D eigenvalue weighted by Gasteiger charge is -2.31. The summed E-state index contributed by atoms with van der Waals surface area (Å²) < 4.78 is 10.6. The maximum atomic E-state index is 12.6. The number of rotatable bonds is 4. The van der Waals surface area contributed by atoms with Gasteiger partial charge in [0.1, 0.15) is 11.3 Å². The summed E-state index contributed by atoms with van der Waals surface area (Å²) in [5.41, 5.74) is -1.21. The van der Waals surface area contributed by atoms with Crippen LogP contribution in [0.1, 0.15) is 32.1 Å². The van der Waals surface area contributed by atoms with Crippen molar-refractivity contribution < 1.29 is 23.5 Å². The van der Waals surface area contributed by atoms with Crippen LogP contribution in [0, 0.1) is 11.8 Å². The highest BCUT2D eigenvalue weighted by Crippen LogP contribution is 2.50. The molecular weight excluding hydrogens is 300 g/mol. The average molecular weight is 320 g/mol. The molecule has 0 saturated carbocycles. The van der Waals surface area contributed by atoms with Gasteiger partial charge in [-0.3, -0.25) is 24.6 Å². The number of hydrogen-bond acceptors (Lipinski definition) is 6. The smallest absolute Gasteiger partial charge is 0.327 e. The Kier molecular flexibility index (Phi) is 3.75. The first-order chi connectivity index (χ1) is 11.0. The predicted octanol–water partition coefficient (Wildman–Crippen LogP) is 0.867. The largest absolute Gasteiger partial charge is 0.468 e. The molecule has 2 aliphatic rings. The monoisotopic (exact) mass is 320 g/mol. The molecule has 7 nitrogen and oxygen atoms in total. The van der Waals surface area contributed by atoms with Crippen molar-refractivity contribution in [1.82, 2.24) is 10.2 Å². The van der Waals surface area contributed by atoms with Crippen LogP contribution >= 0.6 is 0 Å². The van der Waals surface area contributed by atoms with Crippen LogP contribution in [0.15, 0.2) is 22.8 Å². The van der Waals surface area contributed by atoms with Crippen molar-refractivity contribution in [3.63, 3.8) is 0 Å². The minimum Gasteiger partial charge on any atom is -0.468 e. The molecule has 2 fully saturated rings. The molecule has 2 aliphatic heterocycles. The van der Waals surface area contributed by atoms with E-state index < -0.39 is 29.4 Å². The Bertz CT molecular complexity index is 641. The Morgan fingerprint density at radius 2 is 2.13 bits per heavy atom. The van der Waals surface area contributed by atoms with Gasteiger partial charge in [0.2, 0.25) is 11.8 Å². The molecule has 23 heavy (non-hydrogen) atoms. The first kappa shape index (κ1) is 15.7. The van der Waals surface area contributed by atoms with Gasteiger partial charge in [-0.2, -0.15) is 0 Å². The second-order valence-electron chi connectivity index (χ2n) is 5.92. The SMILES string of the molecule is CCOC(=O)C1(CC)NC(c2ccco2)C2C(=O)N(C)C(=O)C21. The zero-order chi connectivity index (χ0) is 16.8. The van der Waals surface area contributed by atoms with E-state index in [1.165, 1.54) is 13.3 Å². The number of hydrogen-bond donors (Lipinski definition) is 1. The number of carbonyl (C=O) groups excluding carboxylic acids is 3. The Morgan fingerprint density at radius 1 is 1.39 bits per heavy atom. The second-order valence-corrected chi connectivity index (χ2v) is 5.92. The topological polar surface area (TPSA) is 88.8 Å². The summed E-state index contributed by atoms with van der Waals surface area (Å²) in [7, 11) is 1.45. The van der Waals surface area contributed by atoms with E-state index in [-0.39, 0.29) is 18.4 Å². The highest BCUT2D eigenvalue weighted by molar-refractivity contribution is 6.09. The molecule has 3 heterocycles. The van der Waals surface area contributed by atoms with Gasteiger partial charge in [-0.25, -0.2) is 0 Å². The van der Waals surface area contributed by atoms with E-state index in [1.54, 1.807) is 19.1 Å². The quantitative estimate of drug-likeness (QED) is 0.654. The lowest BCUT2D eigenvalue weighted by Crippen LogP contribution is -2.55. The fourth-order valence-electron chi connectivity index (χ4n) is 3.77. The maximum Gasteiger partial charge on any atom is 0.327 e. The summed E-state index contributed by atoms with van der Waals surface area (Å²) in [6.45, 7) is 3.73. The van der Waals surface area contributed by atoms with Crippen LogP contribution in [0.4, 0.5) is 0 Å². The molecule has 124 valence electrons. The van der Waals surface area contributed by atoms with Crippen LogP contribution in [0.25, 0.3) is 0 Å². The molecule has 0 spiro atoms. The Balaban J connectivity index is 2.10. The summed E-state index contributed by atoms with van der Waals surface area (Å²) >= 11 is 0. The van der Waals surface area contributed by atoms with Gasteiger partial charge in [0, 0.05) is 7.05 Å². The fraction of sp³-hybridized carbons (Fsp3) is 0.562. The minimum absolute atomic E-state index is 0.211. The summed E-state index contributed by atoms with van der Waals surface area (Å²) in [6.07, 6.45) is 1.85. The third-order valence-electron chi connectivity index (χ3n) is 4.92. The zero-order valence-corrected chi connectivity index (χ0v) is 13.4. The molecule has 1 aromatic heterocycles. The standard InChI is InChI=1S/C16H20N2O5/c1-4-16(15(21)22-5-2)11-10(13(19)18(3)14(11)20)12(17-16)9-7-6-8-23-9/h6-8,10-12,17H,4-5H2,1-3H3. The molecule has 0 bridgehead atoms. The molecule has 2 amide bonds. The number of amides is 2. The highest BCUT2D eigenvalue weighted by Gasteiger charge is 2.68. The molecule has 1 N–H and O–H groups in total. The number of likely N-dealkylation sites (tertiary alicyclic amines) is 1. The number of carbonyl (C=O) groups is 3. The Morgan fingerprint density at radius 3 is 2.70 bits per heavy atom. The number of esters is 1. The van der Waals surface area contributed by atoms with Gasteiger partial charge in [0.15, 0.2) is 0 Å². The van der Waals surface area contributed by atoms with E-state index >= 15 is 0 Å². The van der Waals surface area contributed by atoms with Crippen LogP contribution in [0.5, 0.6) is 0 Å². The number of nitrogens with zero attached hydrogens (tertiary/aromatic N) is 1. The Hall–Kier alpha value is -2.15. The van der Waals surface area contributed by atoms with Gasteiger partial charge in [-0.15, -0.1) is 0 Å². The number of fused-ring (bicyclic) bond motifs is 1. The average Bonchev–Trinajstić information content (AvgIpc) is 3.22. The summed E-state index contributed by atoms with van der Waals surface area (Å²) in [6, 6.07) is 2.93. The van der Waals surface area contributed by atoms with Crippen LogP contribution in [0.2, 0.25) is 0 Å². The molecular formula is C16H20N2O5. The number of imide groups is 1. The summed E-state index contributed by atoms with van der Waals surface area (Å²) in [5.74, 6) is -2.05. The normalized spacial score (nSPS) is 33.2. The first-order valence-corrected chi connectivity index (χ1v) is 7.77. The van der Waals surface area contributed by atoms with Crippen LogP contribution in [-0.2, 0) is 19.1 Å². The van der Waals surface area contributed by atoms with Crippen molar-refractivity contribution in [2.75, 3.05) is 13.7 Å². The lowest BCUT2D eigenvalue weighted by molar-refractivity contribution is -0.156. The zero-order valence-electron chi connectivity index (χ0n) is 13.4. The molecule has 0 radical (unpaired) electrons. The Labute approximate surface area is 134 Å². The van der Waals surface area contributed by atoms with E-state index in [9.17, 15) is 14.4 Å². The van der Waals surface area contributed by atoms with Gasteiger partial charge in [0.25, 0.3) is 0 Å². The van der Waals surface area contributed by atoms with Gasteiger partial charge in [-0.05, 0) is 25.5 Å². The van der Waals surface area contributed by atoms with Gasteiger partial charge >= 0.3 is 5.97 Å². The molecule has 4 atom stereocenters. The van der Waals surface area contributed by atoms with Gasteiger partial charge < -0.3 is 9.15 Å². The van der Waals surface area contributed by atoms with Crippen molar-refractivity contribution in [1.29, 1.82) is 0 Å². The van der Waals surface area contributed by atoms with Crippen molar-refractivity contribution in [2.45, 2.75) is 31.8 Å². The van der Waals surface area contributed by atoms with Crippen LogP contribution < -0.4 is 5.32 Å². The number of furan rings is 1. The van der Waals surface area contributed by atoms with E-state index in [2.05, 4.69) is 5.32 Å². The molecule has 4 unspecified atom stereocenters. The molecule has 2 saturated heterocycles. The highest BCUT2D eigenvalue weighted by atomic mass is 16.5. The van der Waals surface area contributed by atoms with Crippen molar-refractivity contribution in [2.24, 2.45) is 11.8 Å². The minimum atomic E-state index is -1.21. The van der Waals surface area contributed by atoms with E-state index in [4.69, 9.17) is 9.15 Å². The first-order valence-electron chi connectivity index (χ1n) is 7.77. The number of nitrogens with one attached hydrogen (secondary N) is 1. The van der Waals surface area contributed by atoms with E-state index in [1.807, 2.05) is 6.92 Å². The number of ether oxygens (including phenoxy) is 1. The van der Waals surface area contributed by atoms with Crippen LogP contribution in [-0.4, -0.2) is 41.9 Å². The third kappa shape index (κ3) is 2.03. The van der Waals surface area contributed by atoms with Crippen molar-refractivity contribution in [3.05, 3.63) is 24.2 Å². The summed E-state index contributed by atoms with van der Waals surface area (Å²) in [4.78, 5) is 38.9. The van der Waals surface area contributed by atoms with E-state index in [0.29, 0.717) is 12.2 Å². The third-order valence-corrected chi connectivity index (χ3v) is 4.92. The maximum absolute atomic E-state index is 12.6. The predicted molar refractivity (Wildman–Crippen MR) is 79.0 cm³/mol. The van der Waals surface area contributed by atoms with E-state index in [0.717, 1.165) is 4.90 Å².